The summed E-state index contributed by atoms with van der Waals surface area (Å²) in [6, 6.07) is 5.52. The smallest absolute Gasteiger partial charge is 0.256 e. The van der Waals surface area contributed by atoms with E-state index < -0.39 is 5.60 Å². The number of carbonyl (C=O) groups excluding carboxylic acids is 1. The third kappa shape index (κ3) is 2.28. The summed E-state index contributed by atoms with van der Waals surface area (Å²) < 4.78 is 5.63. The number of aromatic nitrogens is 2. The van der Waals surface area contributed by atoms with Crippen LogP contribution in [0.5, 0.6) is 0 Å². The Kier molecular flexibility index (Phi) is 3.16. The lowest BCUT2D eigenvalue weighted by Gasteiger charge is -2.34. The van der Waals surface area contributed by atoms with E-state index >= 15 is 0 Å². The summed E-state index contributed by atoms with van der Waals surface area (Å²) in [7, 11) is 0. The second-order valence-corrected chi connectivity index (χ2v) is 6.19. The van der Waals surface area contributed by atoms with E-state index in [1.807, 2.05) is 18.2 Å². The van der Waals surface area contributed by atoms with Crippen molar-refractivity contribution in [1.82, 2.24) is 9.97 Å². The number of benzene rings is 1. The first-order valence-corrected chi connectivity index (χ1v) is 7.79. The fourth-order valence-electron chi connectivity index (χ4n) is 3.04. The lowest BCUT2D eigenvalue weighted by atomic mass is 9.79. The number of H-pyrrole nitrogens is 1. The van der Waals surface area contributed by atoms with Crippen LogP contribution in [0.3, 0.4) is 0 Å². The topological polar surface area (TPSA) is 87.2 Å². The number of nitrogens with zero attached hydrogens (tertiary/aromatic N) is 1. The van der Waals surface area contributed by atoms with Crippen LogP contribution in [0, 0.1) is 0 Å². The number of aromatic amines is 1. The maximum absolute atomic E-state index is 12.1. The van der Waals surface area contributed by atoms with Gasteiger partial charge in [0, 0.05) is 12.3 Å². The molecular formula is C16H19N3O3. The molecule has 2 aliphatic rings. The number of amides is 1. The zero-order valence-corrected chi connectivity index (χ0v) is 12.3. The van der Waals surface area contributed by atoms with Gasteiger partial charge < -0.3 is 20.1 Å². The standard InChI is InChI=1S/C16H19N3O3/c20-15(16(21)6-2-7-16)17-10-4-5-11-12(9-10)19-14(18-11)13-3-1-8-22-13/h4-5,9,13,21H,1-3,6-8H2,(H,17,20)(H,18,19)/t13-/m1/s1. The van der Waals surface area contributed by atoms with Crippen molar-refractivity contribution < 1.29 is 14.6 Å². The van der Waals surface area contributed by atoms with Crippen molar-refractivity contribution in [2.45, 2.75) is 43.8 Å². The van der Waals surface area contributed by atoms with Crippen molar-refractivity contribution in [1.29, 1.82) is 0 Å². The molecule has 2 fully saturated rings. The normalized spacial score (nSPS) is 23.4. The summed E-state index contributed by atoms with van der Waals surface area (Å²) in [5.74, 6) is 0.519. The third-order valence-electron chi connectivity index (χ3n) is 4.60. The minimum Gasteiger partial charge on any atom is -0.380 e. The van der Waals surface area contributed by atoms with Crippen LogP contribution in [0.2, 0.25) is 0 Å². The second kappa shape index (κ2) is 5.07. The molecule has 116 valence electrons. The number of nitrogens with one attached hydrogen (secondary N) is 2. The van der Waals surface area contributed by atoms with E-state index in [4.69, 9.17) is 4.74 Å². The van der Waals surface area contributed by atoms with Gasteiger partial charge in [-0.25, -0.2) is 4.98 Å². The number of imidazole rings is 1. The molecule has 22 heavy (non-hydrogen) atoms. The van der Waals surface area contributed by atoms with E-state index in [1.54, 1.807) is 0 Å². The highest BCUT2D eigenvalue weighted by Crippen LogP contribution is 2.33. The van der Waals surface area contributed by atoms with Crippen molar-refractivity contribution >= 4 is 22.6 Å². The van der Waals surface area contributed by atoms with Gasteiger partial charge in [-0.2, -0.15) is 0 Å². The van der Waals surface area contributed by atoms with Gasteiger partial charge in [-0.3, -0.25) is 4.79 Å². The van der Waals surface area contributed by atoms with Gasteiger partial charge in [0.2, 0.25) is 0 Å². The maximum Gasteiger partial charge on any atom is 0.256 e. The number of rotatable bonds is 3. The first-order valence-electron chi connectivity index (χ1n) is 7.79. The summed E-state index contributed by atoms with van der Waals surface area (Å²) in [4.78, 5) is 19.9. The monoisotopic (exact) mass is 301 g/mol. The summed E-state index contributed by atoms with van der Waals surface area (Å²) in [6.07, 6.45) is 4.05. The second-order valence-electron chi connectivity index (χ2n) is 6.19. The summed E-state index contributed by atoms with van der Waals surface area (Å²) >= 11 is 0. The molecule has 6 nitrogen and oxygen atoms in total. The minimum atomic E-state index is -1.19. The van der Waals surface area contributed by atoms with Crippen molar-refractivity contribution in [3.63, 3.8) is 0 Å². The highest BCUT2D eigenvalue weighted by atomic mass is 16.5. The molecule has 1 atom stereocenters. The number of hydrogen-bond acceptors (Lipinski definition) is 4. The number of fused-ring (bicyclic) bond motifs is 1. The zero-order chi connectivity index (χ0) is 15.2. The van der Waals surface area contributed by atoms with Crippen molar-refractivity contribution in [3.05, 3.63) is 24.0 Å². The summed E-state index contributed by atoms with van der Waals surface area (Å²) in [5.41, 5.74) is 1.20. The van der Waals surface area contributed by atoms with E-state index in [1.165, 1.54) is 0 Å². The molecule has 1 saturated carbocycles. The van der Waals surface area contributed by atoms with Gasteiger partial charge in [0.15, 0.2) is 0 Å². The van der Waals surface area contributed by atoms with Gasteiger partial charge in [-0.1, -0.05) is 0 Å². The van der Waals surface area contributed by atoms with Gasteiger partial charge in [0.1, 0.15) is 17.5 Å². The molecule has 0 radical (unpaired) electrons. The molecule has 2 aromatic rings. The van der Waals surface area contributed by atoms with Crippen LogP contribution in [-0.4, -0.2) is 33.2 Å². The third-order valence-corrected chi connectivity index (χ3v) is 4.60. The molecule has 1 aliphatic heterocycles. The Bertz CT molecular complexity index is 714. The van der Waals surface area contributed by atoms with Crippen LogP contribution in [0.4, 0.5) is 5.69 Å². The Balaban J connectivity index is 1.56. The molecule has 2 heterocycles. The number of hydrogen-bond donors (Lipinski definition) is 3. The Morgan fingerprint density at radius 2 is 2.27 bits per heavy atom. The molecule has 1 amide bonds. The number of ether oxygens (including phenoxy) is 1. The van der Waals surface area contributed by atoms with Gasteiger partial charge in [-0.15, -0.1) is 0 Å². The Morgan fingerprint density at radius 1 is 1.41 bits per heavy atom. The van der Waals surface area contributed by atoms with Crippen LogP contribution in [-0.2, 0) is 9.53 Å². The predicted octanol–water partition coefficient (Wildman–Crippen LogP) is 2.27. The van der Waals surface area contributed by atoms with Gasteiger partial charge >= 0.3 is 0 Å². The van der Waals surface area contributed by atoms with Gasteiger partial charge in [0.05, 0.1) is 11.0 Å². The number of aliphatic hydroxyl groups is 1. The maximum atomic E-state index is 12.1. The fraction of sp³-hybridized carbons (Fsp3) is 0.500. The summed E-state index contributed by atoms with van der Waals surface area (Å²) in [6.45, 7) is 0.779. The number of anilines is 1. The lowest BCUT2D eigenvalue weighted by Crippen LogP contribution is -2.48. The Hall–Kier alpha value is -1.92. The average molecular weight is 301 g/mol. The molecule has 0 bridgehead atoms. The molecule has 1 saturated heterocycles. The Labute approximate surface area is 127 Å². The highest BCUT2D eigenvalue weighted by Gasteiger charge is 2.42. The van der Waals surface area contributed by atoms with Crippen LogP contribution in [0.1, 0.15) is 44.0 Å². The predicted molar refractivity (Wildman–Crippen MR) is 81.5 cm³/mol. The molecule has 1 aromatic heterocycles. The molecule has 1 aromatic carbocycles. The van der Waals surface area contributed by atoms with E-state index in [-0.39, 0.29) is 12.0 Å². The zero-order valence-electron chi connectivity index (χ0n) is 12.3. The minimum absolute atomic E-state index is 0.0427. The molecule has 0 unspecified atom stereocenters. The van der Waals surface area contributed by atoms with Crippen molar-refractivity contribution in [3.8, 4) is 0 Å². The fourth-order valence-corrected chi connectivity index (χ4v) is 3.04. The SMILES string of the molecule is O=C(Nc1ccc2nc([C@H]3CCCO3)[nH]c2c1)C1(O)CCC1. The van der Waals surface area contributed by atoms with Gasteiger partial charge in [-0.05, 0) is 50.3 Å². The van der Waals surface area contributed by atoms with Crippen LogP contribution in [0.25, 0.3) is 11.0 Å². The molecule has 6 heteroatoms. The van der Waals surface area contributed by atoms with Crippen LogP contribution < -0.4 is 5.32 Å². The van der Waals surface area contributed by atoms with E-state index in [0.717, 1.165) is 42.7 Å². The van der Waals surface area contributed by atoms with Crippen molar-refractivity contribution in [2.24, 2.45) is 0 Å². The largest absolute Gasteiger partial charge is 0.380 e. The lowest BCUT2D eigenvalue weighted by molar-refractivity contribution is -0.142. The first-order chi connectivity index (χ1) is 10.6. The van der Waals surface area contributed by atoms with Crippen molar-refractivity contribution in [2.75, 3.05) is 11.9 Å². The first kappa shape index (κ1) is 13.7. The van der Waals surface area contributed by atoms with Gasteiger partial charge in [0.25, 0.3) is 5.91 Å². The van der Waals surface area contributed by atoms with E-state index in [2.05, 4.69) is 15.3 Å². The molecule has 3 N–H and O–H groups in total. The molecular weight excluding hydrogens is 282 g/mol. The Morgan fingerprint density at radius 3 is 2.95 bits per heavy atom. The highest BCUT2D eigenvalue weighted by molar-refractivity contribution is 5.99. The molecule has 1 aliphatic carbocycles. The quantitative estimate of drug-likeness (QED) is 0.811. The molecule has 4 rings (SSSR count). The summed E-state index contributed by atoms with van der Waals surface area (Å²) in [5, 5.41) is 12.8. The van der Waals surface area contributed by atoms with Crippen LogP contribution in [0.15, 0.2) is 18.2 Å². The average Bonchev–Trinajstić information content (AvgIpc) is 3.12. The van der Waals surface area contributed by atoms with E-state index in [9.17, 15) is 9.90 Å². The van der Waals surface area contributed by atoms with Crippen LogP contribution >= 0.6 is 0 Å². The van der Waals surface area contributed by atoms with E-state index in [0.29, 0.717) is 18.5 Å². The molecule has 0 spiro atoms. The number of carbonyl (C=O) groups is 1.